The quantitative estimate of drug-likeness (QED) is 0.825. The van der Waals surface area contributed by atoms with Crippen molar-refractivity contribution in [3.63, 3.8) is 0 Å². The number of anilines is 1. The first-order chi connectivity index (χ1) is 8.58. The largest absolute Gasteiger partial charge is 0.324 e. The van der Waals surface area contributed by atoms with Crippen molar-refractivity contribution in [3.05, 3.63) is 23.8 Å². The number of amides is 1. The molecule has 1 aromatic rings. The second kappa shape index (κ2) is 7.56. The van der Waals surface area contributed by atoms with Crippen molar-refractivity contribution in [2.45, 2.75) is 53.9 Å². The lowest BCUT2D eigenvalue weighted by Gasteiger charge is -2.22. The molecule has 0 radical (unpaired) electrons. The minimum absolute atomic E-state index is 0. The van der Waals surface area contributed by atoms with Crippen LogP contribution in [0.2, 0.25) is 0 Å². The molecule has 0 aliphatic carbocycles. The molecule has 122 valence electrons. The highest BCUT2D eigenvalue weighted by Crippen LogP contribution is 2.26. The van der Waals surface area contributed by atoms with E-state index >= 15 is 0 Å². The van der Waals surface area contributed by atoms with E-state index in [-0.39, 0.29) is 31.3 Å². The maximum absolute atomic E-state index is 12.0. The molecule has 0 unspecified atom stereocenters. The predicted octanol–water partition coefficient (Wildman–Crippen LogP) is 3.89. The van der Waals surface area contributed by atoms with Gasteiger partial charge in [0.2, 0.25) is 5.91 Å². The minimum atomic E-state index is -4.37. The predicted molar refractivity (Wildman–Crippen MR) is 87.2 cm³/mol. The third-order valence-electron chi connectivity index (χ3n) is 3.16. The fraction of sp³-hybridized carbons (Fsp3) is 0.533. The minimum Gasteiger partial charge on any atom is -0.324 e. The molecule has 0 atom stereocenters. The van der Waals surface area contributed by atoms with Crippen LogP contribution >= 0.6 is 0 Å². The molecule has 6 heteroatoms. The lowest BCUT2D eigenvalue weighted by atomic mass is 9.89. The first-order valence-corrected chi connectivity index (χ1v) is 7.41. The average molecular weight is 317 g/mol. The van der Waals surface area contributed by atoms with Crippen molar-refractivity contribution in [1.82, 2.24) is 0 Å². The molecule has 0 aromatic heterocycles. The van der Waals surface area contributed by atoms with Crippen molar-refractivity contribution in [1.29, 1.82) is 0 Å². The Bertz CT molecular complexity index is 592. The lowest BCUT2D eigenvalue weighted by Crippen LogP contribution is -2.30. The smallest absolute Gasteiger partial charge is 0.296 e. The van der Waals surface area contributed by atoms with Gasteiger partial charge in [-0.1, -0.05) is 41.7 Å². The Balaban J connectivity index is 0. The fourth-order valence-corrected chi connectivity index (χ4v) is 2.13. The summed E-state index contributed by atoms with van der Waals surface area (Å²) in [7, 11) is -4.37. The fourth-order valence-electron chi connectivity index (χ4n) is 1.40. The van der Waals surface area contributed by atoms with E-state index in [1.54, 1.807) is 26.8 Å². The number of hydrogen-bond acceptors (Lipinski definition) is 3. The van der Waals surface area contributed by atoms with Crippen LogP contribution in [-0.4, -0.2) is 18.9 Å². The van der Waals surface area contributed by atoms with Crippen LogP contribution in [-0.2, 0) is 14.9 Å². The Morgan fingerprint density at radius 2 is 1.81 bits per heavy atom. The number of aryl methyl sites for hydroxylation is 1. The number of hydrogen-bond donors (Lipinski definition) is 2. The highest BCUT2D eigenvalue weighted by atomic mass is 32.2. The lowest BCUT2D eigenvalue weighted by molar-refractivity contribution is -0.124. The van der Waals surface area contributed by atoms with Gasteiger partial charge in [0, 0.05) is 5.41 Å². The molecule has 0 aliphatic rings. The van der Waals surface area contributed by atoms with Crippen molar-refractivity contribution in [3.8, 4) is 0 Å². The van der Waals surface area contributed by atoms with E-state index in [0.717, 1.165) is 0 Å². The highest BCUT2D eigenvalue weighted by molar-refractivity contribution is 7.86. The number of carbonyl (C=O) groups is 1. The van der Waals surface area contributed by atoms with E-state index in [1.165, 1.54) is 12.1 Å². The molecule has 0 fully saturated rings. The summed E-state index contributed by atoms with van der Waals surface area (Å²) in [5, 5.41) is 2.56. The van der Waals surface area contributed by atoms with Gasteiger partial charge >= 0.3 is 0 Å². The molecule has 0 spiro atoms. The van der Waals surface area contributed by atoms with Gasteiger partial charge in [0.15, 0.2) is 0 Å². The molecule has 0 aliphatic heterocycles. The molecule has 0 heterocycles. The molecular weight excluding hydrogens is 290 g/mol. The summed E-state index contributed by atoms with van der Waals surface area (Å²) in [6.07, 6.45) is 0.617. The van der Waals surface area contributed by atoms with Gasteiger partial charge < -0.3 is 5.32 Å². The molecule has 0 saturated heterocycles. The monoisotopic (exact) mass is 317 g/mol. The second-order valence-electron chi connectivity index (χ2n) is 5.17. The molecule has 1 rings (SSSR count). The number of rotatable bonds is 4. The first kappa shape index (κ1) is 21.9. The first-order valence-electron chi connectivity index (χ1n) is 5.97. The van der Waals surface area contributed by atoms with Crippen molar-refractivity contribution >= 4 is 21.7 Å². The number of benzene rings is 1. The average Bonchev–Trinajstić information content (AvgIpc) is 2.30. The zero-order valence-electron chi connectivity index (χ0n) is 11.5. The number of nitrogens with one attached hydrogen (secondary N) is 1. The van der Waals surface area contributed by atoms with E-state index in [0.29, 0.717) is 12.0 Å². The molecule has 2 N–H and O–H groups in total. The molecule has 1 amide bonds. The van der Waals surface area contributed by atoms with Gasteiger partial charge in [0.1, 0.15) is 4.90 Å². The van der Waals surface area contributed by atoms with Gasteiger partial charge in [-0.05, 0) is 31.0 Å². The van der Waals surface area contributed by atoms with Crippen LogP contribution in [0.25, 0.3) is 0 Å². The second-order valence-corrected chi connectivity index (χ2v) is 6.56. The zero-order valence-corrected chi connectivity index (χ0v) is 12.3. The normalized spacial score (nSPS) is 11.1. The molecule has 1 aromatic carbocycles. The Labute approximate surface area is 128 Å². The van der Waals surface area contributed by atoms with E-state index in [1.807, 2.05) is 6.92 Å². The van der Waals surface area contributed by atoms with Gasteiger partial charge in [0.25, 0.3) is 10.1 Å². The van der Waals surface area contributed by atoms with Gasteiger partial charge in [-0.3, -0.25) is 9.35 Å². The van der Waals surface area contributed by atoms with Crippen molar-refractivity contribution in [2.24, 2.45) is 5.41 Å². The highest BCUT2D eigenvalue weighted by Gasteiger charge is 2.27. The van der Waals surface area contributed by atoms with Crippen LogP contribution in [0.15, 0.2) is 23.1 Å². The Kier molecular flexibility index (Phi) is 7.88. The van der Waals surface area contributed by atoms with Crippen LogP contribution in [0.3, 0.4) is 0 Å². The van der Waals surface area contributed by atoms with Crippen LogP contribution in [0, 0.1) is 12.3 Å². The Hall–Kier alpha value is -1.40. The zero-order chi connectivity index (χ0) is 14.8. The van der Waals surface area contributed by atoms with E-state index in [9.17, 15) is 17.8 Å². The Morgan fingerprint density at radius 1 is 1.29 bits per heavy atom. The molecule has 5 nitrogen and oxygen atoms in total. The van der Waals surface area contributed by atoms with Gasteiger partial charge in [0.05, 0.1) is 5.69 Å². The maximum Gasteiger partial charge on any atom is 0.296 e. The van der Waals surface area contributed by atoms with Gasteiger partial charge in [-0.2, -0.15) is 8.42 Å². The molecule has 0 bridgehead atoms. The maximum atomic E-state index is 12.0. The molecule has 0 saturated carbocycles. The number of carbonyl (C=O) groups excluding carboxylic acids is 1. The van der Waals surface area contributed by atoms with Gasteiger partial charge in [-0.25, -0.2) is 0 Å². The van der Waals surface area contributed by atoms with E-state index in [2.05, 4.69) is 5.32 Å². The van der Waals surface area contributed by atoms with Crippen LogP contribution in [0.4, 0.5) is 5.69 Å². The standard InChI is InChI=1S/C13H19NO4S.2CH4/c1-5-13(3,4)12(15)14-10-7-6-9(2)8-11(10)19(16,17)18;;/h6-8H,5H2,1-4H3,(H,14,15)(H,16,17,18);2*1H4. The van der Waals surface area contributed by atoms with Crippen molar-refractivity contribution in [2.75, 3.05) is 5.32 Å². The van der Waals surface area contributed by atoms with E-state index in [4.69, 9.17) is 0 Å². The third-order valence-corrected chi connectivity index (χ3v) is 4.06. The SMILES string of the molecule is C.C.CCC(C)(C)C(=O)Nc1ccc(C)cc1S(=O)(=O)O. The summed E-state index contributed by atoms with van der Waals surface area (Å²) in [4.78, 5) is 11.8. The summed E-state index contributed by atoms with van der Waals surface area (Å²) in [5.74, 6) is -0.288. The summed E-state index contributed by atoms with van der Waals surface area (Å²) in [5.41, 5.74) is 0.168. The van der Waals surface area contributed by atoms with Crippen LogP contribution in [0.5, 0.6) is 0 Å². The van der Waals surface area contributed by atoms with E-state index < -0.39 is 15.5 Å². The summed E-state index contributed by atoms with van der Waals surface area (Å²) >= 11 is 0. The summed E-state index contributed by atoms with van der Waals surface area (Å²) in [6.45, 7) is 7.11. The topological polar surface area (TPSA) is 83.5 Å². The summed E-state index contributed by atoms with van der Waals surface area (Å²) in [6, 6.07) is 4.47. The molecule has 21 heavy (non-hydrogen) atoms. The van der Waals surface area contributed by atoms with Gasteiger partial charge in [-0.15, -0.1) is 0 Å². The van der Waals surface area contributed by atoms with Crippen LogP contribution in [0.1, 0.15) is 47.6 Å². The molecular formula is C15H27NO4S. The summed E-state index contributed by atoms with van der Waals surface area (Å²) < 4.78 is 31.8. The Morgan fingerprint density at radius 3 is 2.24 bits per heavy atom. The van der Waals surface area contributed by atoms with Crippen molar-refractivity contribution < 1.29 is 17.8 Å². The third kappa shape index (κ3) is 5.47. The van der Waals surface area contributed by atoms with Crippen LogP contribution < -0.4 is 5.32 Å².